The molecule has 32 heavy (non-hydrogen) atoms. The SMILES string of the molecule is O=C(Cc1csc(N2CCCC2=O)n1)Nc1cccc(COc2ccc3c(c2)OCO3)c1. The quantitative estimate of drug-likeness (QED) is 0.588. The maximum atomic E-state index is 12.5. The van der Waals surface area contributed by atoms with Gasteiger partial charge in [0.1, 0.15) is 12.4 Å². The Labute approximate surface area is 188 Å². The summed E-state index contributed by atoms with van der Waals surface area (Å²) in [6, 6.07) is 13.0. The van der Waals surface area contributed by atoms with Crippen LogP contribution in [0.25, 0.3) is 0 Å². The van der Waals surface area contributed by atoms with Gasteiger partial charge in [0.25, 0.3) is 0 Å². The lowest BCUT2D eigenvalue weighted by Gasteiger charge is -2.10. The molecule has 2 aliphatic heterocycles. The van der Waals surface area contributed by atoms with E-state index >= 15 is 0 Å². The fourth-order valence-corrected chi connectivity index (χ4v) is 4.46. The van der Waals surface area contributed by atoms with E-state index in [1.54, 1.807) is 11.0 Å². The number of benzene rings is 2. The maximum absolute atomic E-state index is 12.5. The van der Waals surface area contributed by atoms with E-state index < -0.39 is 0 Å². The van der Waals surface area contributed by atoms with Crippen molar-refractivity contribution in [2.45, 2.75) is 25.9 Å². The Balaban J connectivity index is 1.16. The first-order chi connectivity index (χ1) is 15.6. The fourth-order valence-electron chi connectivity index (χ4n) is 3.59. The smallest absolute Gasteiger partial charge is 0.231 e. The molecule has 1 N–H and O–H groups in total. The van der Waals surface area contributed by atoms with E-state index in [1.165, 1.54) is 11.3 Å². The van der Waals surface area contributed by atoms with E-state index in [0.29, 0.717) is 53.3 Å². The second kappa shape index (κ2) is 8.88. The Morgan fingerprint density at radius 2 is 2.09 bits per heavy atom. The summed E-state index contributed by atoms with van der Waals surface area (Å²) in [5.41, 5.74) is 2.26. The Morgan fingerprint density at radius 3 is 2.97 bits per heavy atom. The summed E-state index contributed by atoms with van der Waals surface area (Å²) in [6.07, 6.45) is 1.56. The normalized spacial score (nSPS) is 14.6. The van der Waals surface area contributed by atoms with Gasteiger partial charge in [-0.2, -0.15) is 0 Å². The number of hydrogen-bond acceptors (Lipinski definition) is 7. The molecule has 164 valence electrons. The Bertz CT molecular complexity index is 1160. The van der Waals surface area contributed by atoms with Crippen molar-refractivity contribution in [2.24, 2.45) is 0 Å². The lowest BCUT2D eigenvalue weighted by atomic mass is 10.2. The van der Waals surface area contributed by atoms with Crippen LogP contribution in [0, 0.1) is 0 Å². The van der Waals surface area contributed by atoms with Gasteiger partial charge in [0, 0.05) is 30.1 Å². The molecule has 0 radical (unpaired) electrons. The van der Waals surface area contributed by atoms with Crippen molar-refractivity contribution in [3.05, 3.63) is 59.1 Å². The van der Waals surface area contributed by atoms with Gasteiger partial charge in [-0.1, -0.05) is 12.1 Å². The van der Waals surface area contributed by atoms with E-state index in [-0.39, 0.29) is 25.0 Å². The highest BCUT2D eigenvalue weighted by Gasteiger charge is 2.24. The first kappa shape index (κ1) is 20.3. The van der Waals surface area contributed by atoms with Crippen molar-refractivity contribution in [2.75, 3.05) is 23.6 Å². The summed E-state index contributed by atoms with van der Waals surface area (Å²) >= 11 is 1.39. The van der Waals surface area contributed by atoms with Crippen molar-refractivity contribution in [3.63, 3.8) is 0 Å². The summed E-state index contributed by atoms with van der Waals surface area (Å²) in [4.78, 5) is 30.5. The molecule has 8 nitrogen and oxygen atoms in total. The number of fused-ring (bicyclic) bond motifs is 1. The van der Waals surface area contributed by atoms with Crippen LogP contribution in [0.3, 0.4) is 0 Å². The number of carbonyl (C=O) groups is 2. The van der Waals surface area contributed by atoms with Crippen LogP contribution < -0.4 is 24.4 Å². The van der Waals surface area contributed by atoms with Crippen LogP contribution in [0.5, 0.6) is 17.2 Å². The summed E-state index contributed by atoms with van der Waals surface area (Å²) in [5.74, 6) is 1.99. The summed E-state index contributed by atoms with van der Waals surface area (Å²) in [7, 11) is 0. The molecule has 9 heteroatoms. The molecule has 1 saturated heterocycles. The zero-order valence-corrected chi connectivity index (χ0v) is 18.0. The van der Waals surface area contributed by atoms with Gasteiger partial charge in [-0.25, -0.2) is 4.98 Å². The van der Waals surface area contributed by atoms with E-state index in [1.807, 2.05) is 41.8 Å². The third kappa shape index (κ3) is 4.52. The highest BCUT2D eigenvalue weighted by molar-refractivity contribution is 7.14. The van der Waals surface area contributed by atoms with Crippen molar-refractivity contribution in [1.29, 1.82) is 0 Å². The van der Waals surface area contributed by atoms with Crippen molar-refractivity contribution in [3.8, 4) is 17.2 Å². The number of rotatable bonds is 7. The molecule has 3 aromatic rings. The first-order valence-electron chi connectivity index (χ1n) is 10.3. The molecule has 2 amide bonds. The third-order valence-corrected chi connectivity index (χ3v) is 6.06. The fraction of sp³-hybridized carbons (Fsp3) is 0.261. The van der Waals surface area contributed by atoms with Crippen molar-refractivity contribution < 1.29 is 23.8 Å². The third-order valence-electron chi connectivity index (χ3n) is 5.15. The summed E-state index contributed by atoms with van der Waals surface area (Å²) in [5, 5.41) is 5.40. The Hall–Kier alpha value is -3.59. The molecule has 2 aromatic carbocycles. The molecule has 0 saturated carbocycles. The first-order valence-corrected chi connectivity index (χ1v) is 11.2. The number of amides is 2. The number of aromatic nitrogens is 1. The van der Waals surface area contributed by atoms with Gasteiger partial charge in [0.05, 0.1) is 12.1 Å². The van der Waals surface area contributed by atoms with Crippen LogP contribution in [0.4, 0.5) is 10.8 Å². The Kier molecular flexibility index (Phi) is 5.64. The van der Waals surface area contributed by atoms with Gasteiger partial charge in [0.15, 0.2) is 16.6 Å². The van der Waals surface area contributed by atoms with Crippen LogP contribution in [-0.4, -0.2) is 30.1 Å². The largest absolute Gasteiger partial charge is 0.489 e. The number of thiazole rings is 1. The summed E-state index contributed by atoms with van der Waals surface area (Å²) in [6.45, 7) is 1.26. The van der Waals surface area contributed by atoms with Crippen LogP contribution >= 0.6 is 11.3 Å². The van der Waals surface area contributed by atoms with Gasteiger partial charge in [-0.3, -0.25) is 14.5 Å². The number of carbonyl (C=O) groups excluding carboxylic acids is 2. The van der Waals surface area contributed by atoms with Crippen LogP contribution in [0.2, 0.25) is 0 Å². The second-order valence-corrected chi connectivity index (χ2v) is 8.34. The van der Waals surface area contributed by atoms with Crippen LogP contribution in [-0.2, 0) is 22.6 Å². The minimum Gasteiger partial charge on any atom is -0.489 e. The Morgan fingerprint density at radius 1 is 1.19 bits per heavy atom. The zero-order chi connectivity index (χ0) is 21.9. The van der Waals surface area contributed by atoms with Crippen LogP contribution in [0.15, 0.2) is 47.8 Å². The molecular formula is C23H21N3O5S. The topological polar surface area (TPSA) is 90.0 Å². The van der Waals surface area contributed by atoms with Gasteiger partial charge in [-0.15, -0.1) is 11.3 Å². The molecule has 0 bridgehead atoms. The maximum Gasteiger partial charge on any atom is 0.231 e. The van der Waals surface area contributed by atoms with Gasteiger partial charge < -0.3 is 19.5 Å². The predicted molar refractivity (Wildman–Crippen MR) is 119 cm³/mol. The van der Waals surface area contributed by atoms with Crippen molar-refractivity contribution >= 4 is 34.0 Å². The van der Waals surface area contributed by atoms with Gasteiger partial charge in [-0.05, 0) is 36.2 Å². The van der Waals surface area contributed by atoms with Crippen molar-refractivity contribution in [1.82, 2.24) is 4.98 Å². The number of nitrogens with one attached hydrogen (secondary N) is 1. The average molecular weight is 452 g/mol. The summed E-state index contributed by atoms with van der Waals surface area (Å²) < 4.78 is 16.5. The second-order valence-electron chi connectivity index (χ2n) is 7.50. The van der Waals surface area contributed by atoms with E-state index in [0.717, 1.165) is 12.0 Å². The molecule has 1 fully saturated rings. The number of ether oxygens (including phenoxy) is 3. The van der Waals surface area contributed by atoms with E-state index in [9.17, 15) is 9.59 Å². The monoisotopic (exact) mass is 451 g/mol. The molecule has 0 atom stereocenters. The molecule has 1 aromatic heterocycles. The molecule has 5 rings (SSSR count). The lowest BCUT2D eigenvalue weighted by Crippen LogP contribution is -2.23. The highest BCUT2D eigenvalue weighted by atomic mass is 32.1. The van der Waals surface area contributed by atoms with Gasteiger partial charge in [0.2, 0.25) is 18.6 Å². The highest BCUT2D eigenvalue weighted by Crippen LogP contribution is 2.35. The number of nitrogens with zero attached hydrogens (tertiary/aromatic N) is 2. The van der Waals surface area contributed by atoms with Gasteiger partial charge >= 0.3 is 0 Å². The van der Waals surface area contributed by atoms with Crippen LogP contribution in [0.1, 0.15) is 24.1 Å². The predicted octanol–water partition coefficient (Wildman–Crippen LogP) is 3.76. The molecule has 3 heterocycles. The number of anilines is 2. The molecule has 2 aliphatic rings. The minimum absolute atomic E-state index is 0.0927. The molecule has 0 spiro atoms. The average Bonchev–Trinajstić information content (AvgIpc) is 3.53. The standard InChI is InChI=1S/C23H21N3O5S/c27-21(10-17-13-32-23(25-17)26-8-2-5-22(26)28)24-16-4-1-3-15(9-16)12-29-18-6-7-19-20(11-18)31-14-30-19/h1,3-4,6-7,9,11,13H,2,5,8,10,12,14H2,(H,24,27). The zero-order valence-electron chi connectivity index (χ0n) is 17.2. The van der Waals surface area contributed by atoms with E-state index in [4.69, 9.17) is 14.2 Å². The minimum atomic E-state index is -0.163. The van der Waals surface area contributed by atoms with E-state index in [2.05, 4.69) is 10.3 Å². The number of hydrogen-bond donors (Lipinski definition) is 1. The molecule has 0 aliphatic carbocycles. The molecule has 0 unspecified atom stereocenters. The molecular weight excluding hydrogens is 430 g/mol. The lowest BCUT2D eigenvalue weighted by molar-refractivity contribution is -0.117.